The molecule has 1 fully saturated rings. The maximum Gasteiger partial charge on any atom is 0.129 e. The zero-order valence-electron chi connectivity index (χ0n) is 10.3. The van der Waals surface area contributed by atoms with Crippen LogP contribution in [0.1, 0.15) is 31.2 Å². The fourth-order valence-corrected chi connectivity index (χ4v) is 2.33. The summed E-state index contributed by atoms with van der Waals surface area (Å²) in [4.78, 5) is 6.56. The molecule has 0 unspecified atom stereocenters. The molecular formula is C13H19ClN2O2. The quantitative estimate of drug-likeness (QED) is 0.830. The Hall–Kier alpha value is -0.840. The van der Waals surface area contributed by atoms with Gasteiger partial charge in [-0.05, 0) is 31.7 Å². The molecule has 0 spiro atoms. The lowest BCUT2D eigenvalue weighted by atomic mass is 9.91. The van der Waals surface area contributed by atoms with E-state index in [2.05, 4.69) is 9.88 Å². The van der Waals surface area contributed by atoms with Gasteiger partial charge < -0.3 is 15.1 Å². The van der Waals surface area contributed by atoms with Crippen molar-refractivity contribution in [2.45, 2.75) is 38.3 Å². The van der Waals surface area contributed by atoms with Crippen LogP contribution in [0.2, 0.25) is 5.02 Å². The first-order valence-electron chi connectivity index (χ1n) is 6.39. The Labute approximate surface area is 112 Å². The fourth-order valence-electron chi connectivity index (χ4n) is 2.17. The van der Waals surface area contributed by atoms with E-state index < -0.39 is 0 Å². The number of hydrogen-bond donors (Lipinski definition) is 2. The molecule has 1 aliphatic carbocycles. The van der Waals surface area contributed by atoms with E-state index in [1.54, 1.807) is 6.20 Å². The SMILES string of the molecule is OCCCN(c1cc(CO)c(Cl)cn1)C1CCC1. The van der Waals surface area contributed by atoms with Gasteiger partial charge in [0.2, 0.25) is 0 Å². The predicted octanol–water partition coefficient (Wildman–Crippen LogP) is 1.97. The molecule has 0 radical (unpaired) electrons. The Morgan fingerprint density at radius 2 is 2.17 bits per heavy atom. The first kappa shape index (κ1) is 13.6. The lowest BCUT2D eigenvalue weighted by Crippen LogP contribution is -2.41. The standard InChI is InChI=1S/C13H19ClN2O2/c14-12-8-15-13(7-10(12)9-18)16(5-2-6-17)11-3-1-4-11/h7-8,11,17-18H,1-6,9H2. The normalized spacial score (nSPS) is 15.5. The average Bonchev–Trinajstić information content (AvgIpc) is 2.33. The summed E-state index contributed by atoms with van der Waals surface area (Å²) < 4.78 is 0. The number of anilines is 1. The van der Waals surface area contributed by atoms with Crippen LogP contribution in [-0.4, -0.2) is 34.4 Å². The predicted molar refractivity (Wildman–Crippen MR) is 71.9 cm³/mol. The van der Waals surface area contributed by atoms with E-state index in [1.165, 1.54) is 19.3 Å². The van der Waals surface area contributed by atoms with Crippen molar-refractivity contribution in [3.63, 3.8) is 0 Å². The van der Waals surface area contributed by atoms with E-state index in [1.807, 2.05) is 6.07 Å². The monoisotopic (exact) mass is 270 g/mol. The van der Waals surface area contributed by atoms with Gasteiger partial charge >= 0.3 is 0 Å². The molecule has 1 saturated carbocycles. The Morgan fingerprint density at radius 3 is 2.72 bits per heavy atom. The zero-order chi connectivity index (χ0) is 13.0. The van der Waals surface area contributed by atoms with Gasteiger partial charge in [-0.2, -0.15) is 0 Å². The average molecular weight is 271 g/mol. The molecule has 2 rings (SSSR count). The van der Waals surface area contributed by atoms with Crippen LogP contribution in [0.5, 0.6) is 0 Å². The summed E-state index contributed by atoms with van der Waals surface area (Å²) in [6.07, 6.45) is 5.91. The Balaban J connectivity index is 2.17. The fraction of sp³-hybridized carbons (Fsp3) is 0.615. The van der Waals surface area contributed by atoms with Gasteiger partial charge in [0.15, 0.2) is 0 Å². The van der Waals surface area contributed by atoms with E-state index in [9.17, 15) is 5.11 Å². The lowest BCUT2D eigenvalue weighted by molar-refractivity contribution is 0.280. The van der Waals surface area contributed by atoms with E-state index in [-0.39, 0.29) is 13.2 Å². The summed E-state index contributed by atoms with van der Waals surface area (Å²) in [6, 6.07) is 2.36. The second-order valence-electron chi connectivity index (χ2n) is 4.65. The van der Waals surface area contributed by atoms with Crippen molar-refractivity contribution in [3.05, 3.63) is 22.8 Å². The molecule has 0 bridgehead atoms. The van der Waals surface area contributed by atoms with Crippen LogP contribution in [0.15, 0.2) is 12.3 Å². The number of aromatic nitrogens is 1. The van der Waals surface area contributed by atoms with Crippen molar-refractivity contribution in [1.82, 2.24) is 4.98 Å². The van der Waals surface area contributed by atoms with Gasteiger partial charge in [-0.3, -0.25) is 0 Å². The van der Waals surface area contributed by atoms with E-state index >= 15 is 0 Å². The number of hydrogen-bond acceptors (Lipinski definition) is 4. The van der Waals surface area contributed by atoms with Crippen LogP contribution in [0.3, 0.4) is 0 Å². The van der Waals surface area contributed by atoms with Gasteiger partial charge in [-0.1, -0.05) is 11.6 Å². The highest BCUT2D eigenvalue weighted by atomic mass is 35.5. The number of halogens is 1. The number of pyridine rings is 1. The van der Waals surface area contributed by atoms with Gasteiger partial charge in [0, 0.05) is 31.0 Å². The first-order valence-corrected chi connectivity index (χ1v) is 6.77. The van der Waals surface area contributed by atoms with Gasteiger partial charge in [-0.15, -0.1) is 0 Å². The van der Waals surface area contributed by atoms with Crippen molar-refractivity contribution in [2.75, 3.05) is 18.1 Å². The third kappa shape index (κ3) is 2.94. The highest BCUT2D eigenvalue weighted by Crippen LogP contribution is 2.30. The number of nitrogens with zero attached hydrogens (tertiary/aromatic N) is 2. The van der Waals surface area contributed by atoms with Crippen LogP contribution in [-0.2, 0) is 6.61 Å². The van der Waals surface area contributed by atoms with Gasteiger partial charge in [-0.25, -0.2) is 4.98 Å². The summed E-state index contributed by atoms with van der Waals surface area (Å²) in [7, 11) is 0. The highest BCUT2D eigenvalue weighted by molar-refractivity contribution is 6.31. The molecule has 18 heavy (non-hydrogen) atoms. The number of aliphatic hydroxyl groups is 2. The summed E-state index contributed by atoms with van der Waals surface area (Å²) in [6.45, 7) is 0.900. The summed E-state index contributed by atoms with van der Waals surface area (Å²) in [5.74, 6) is 0.849. The van der Waals surface area contributed by atoms with E-state index in [0.717, 1.165) is 18.8 Å². The molecule has 0 amide bonds. The molecule has 1 heterocycles. The van der Waals surface area contributed by atoms with Crippen LogP contribution in [0.4, 0.5) is 5.82 Å². The zero-order valence-corrected chi connectivity index (χ0v) is 11.1. The van der Waals surface area contributed by atoms with Crippen molar-refractivity contribution in [3.8, 4) is 0 Å². The minimum absolute atomic E-state index is 0.0765. The van der Waals surface area contributed by atoms with Crippen molar-refractivity contribution < 1.29 is 10.2 Å². The molecule has 1 aliphatic rings. The van der Waals surface area contributed by atoms with Gasteiger partial charge in [0.1, 0.15) is 5.82 Å². The van der Waals surface area contributed by atoms with Crippen molar-refractivity contribution in [1.29, 1.82) is 0 Å². The minimum atomic E-state index is -0.0765. The minimum Gasteiger partial charge on any atom is -0.396 e. The number of aliphatic hydroxyl groups excluding tert-OH is 2. The van der Waals surface area contributed by atoms with Crippen LogP contribution in [0.25, 0.3) is 0 Å². The van der Waals surface area contributed by atoms with Gasteiger partial charge in [0.05, 0.1) is 11.6 Å². The molecule has 0 aromatic carbocycles. The Kier molecular flexibility index (Phi) is 4.80. The molecule has 0 atom stereocenters. The smallest absolute Gasteiger partial charge is 0.129 e. The molecule has 0 aliphatic heterocycles. The molecule has 100 valence electrons. The molecule has 1 aromatic heterocycles. The van der Waals surface area contributed by atoms with E-state index in [0.29, 0.717) is 16.6 Å². The Morgan fingerprint density at radius 1 is 1.39 bits per heavy atom. The summed E-state index contributed by atoms with van der Waals surface area (Å²) in [5.41, 5.74) is 0.704. The lowest BCUT2D eigenvalue weighted by Gasteiger charge is -2.38. The molecule has 2 N–H and O–H groups in total. The maximum absolute atomic E-state index is 9.24. The molecule has 5 heteroatoms. The maximum atomic E-state index is 9.24. The van der Waals surface area contributed by atoms with Crippen molar-refractivity contribution in [2.24, 2.45) is 0 Å². The van der Waals surface area contributed by atoms with E-state index in [4.69, 9.17) is 16.7 Å². The summed E-state index contributed by atoms with van der Waals surface area (Å²) in [5, 5.41) is 18.7. The first-order chi connectivity index (χ1) is 8.76. The second kappa shape index (κ2) is 6.36. The van der Waals surface area contributed by atoms with Crippen molar-refractivity contribution >= 4 is 17.4 Å². The third-order valence-electron chi connectivity index (χ3n) is 3.46. The highest BCUT2D eigenvalue weighted by Gasteiger charge is 2.25. The summed E-state index contributed by atoms with van der Waals surface area (Å²) >= 11 is 5.95. The molecule has 0 saturated heterocycles. The van der Waals surface area contributed by atoms with Crippen LogP contribution >= 0.6 is 11.6 Å². The third-order valence-corrected chi connectivity index (χ3v) is 3.80. The van der Waals surface area contributed by atoms with Gasteiger partial charge in [0.25, 0.3) is 0 Å². The second-order valence-corrected chi connectivity index (χ2v) is 5.05. The van der Waals surface area contributed by atoms with Crippen LogP contribution in [0, 0.1) is 0 Å². The largest absolute Gasteiger partial charge is 0.396 e. The molecule has 4 nitrogen and oxygen atoms in total. The number of rotatable bonds is 6. The van der Waals surface area contributed by atoms with Crippen LogP contribution < -0.4 is 4.90 Å². The topological polar surface area (TPSA) is 56.6 Å². The molecule has 1 aromatic rings. The Bertz CT molecular complexity index is 397. The molecular weight excluding hydrogens is 252 g/mol.